The number of fused-ring (bicyclic) bond motifs is 5. The quantitative estimate of drug-likeness (QED) is 0.406. The number of rotatable bonds is 2. The Bertz CT molecular complexity index is 1240. The van der Waals surface area contributed by atoms with Gasteiger partial charge in [0.15, 0.2) is 11.6 Å². The summed E-state index contributed by atoms with van der Waals surface area (Å²) in [6, 6.07) is 11.2. The van der Waals surface area contributed by atoms with Crippen LogP contribution < -0.4 is 5.56 Å². The van der Waals surface area contributed by atoms with Crippen LogP contribution in [0.5, 0.6) is 0 Å². The van der Waals surface area contributed by atoms with Crippen LogP contribution in [0.1, 0.15) is 17.2 Å². The monoisotopic (exact) mass is 458 g/mol. The first-order valence-corrected chi connectivity index (χ1v) is 9.32. The van der Waals surface area contributed by atoms with Gasteiger partial charge in [-0.1, -0.05) is 22.0 Å². The van der Waals surface area contributed by atoms with E-state index < -0.39 is 0 Å². The summed E-state index contributed by atoms with van der Waals surface area (Å²) in [7, 11) is 0. The summed E-state index contributed by atoms with van der Waals surface area (Å²) in [5, 5.41) is 4.68. The predicted octanol–water partition coefficient (Wildman–Crippen LogP) is 3.20. The summed E-state index contributed by atoms with van der Waals surface area (Å²) in [6.07, 6.45) is 3.59. The lowest BCUT2D eigenvalue weighted by atomic mass is 10.1. The normalized spacial score (nSPS) is 11.8. The van der Waals surface area contributed by atoms with Gasteiger partial charge in [0.2, 0.25) is 0 Å². The SMILES string of the molecule is Cc1ncn2c1Cn1nc(Cn3ccccc3=O)nc1-c1cc(Br)ccc1-2.Cl. The van der Waals surface area contributed by atoms with Crippen LogP contribution >= 0.6 is 28.3 Å². The lowest BCUT2D eigenvalue weighted by molar-refractivity contribution is 0.642. The van der Waals surface area contributed by atoms with E-state index in [1.807, 2.05) is 36.1 Å². The molecule has 0 amide bonds. The van der Waals surface area contributed by atoms with Gasteiger partial charge in [-0.05, 0) is 31.2 Å². The highest BCUT2D eigenvalue weighted by Crippen LogP contribution is 2.33. The first kappa shape index (κ1) is 18.6. The molecule has 7 nitrogen and oxygen atoms in total. The van der Waals surface area contributed by atoms with Gasteiger partial charge < -0.3 is 9.13 Å². The molecule has 4 aromatic rings. The molecule has 0 atom stereocenters. The fraction of sp³-hybridized carbons (Fsp3) is 0.158. The van der Waals surface area contributed by atoms with Crippen molar-refractivity contribution >= 4 is 28.3 Å². The van der Waals surface area contributed by atoms with Crippen LogP contribution in [0.4, 0.5) is 0 Å². The topological polar surface area (TPSA) is 70.5 Å². The second-order valence-electron chi connectivity index (χ2n) is 6.48. The number of pyridine rings is 1. The molecule has 4 heterocycles. The fourth-order valence-corrected chi connectivity index (χ4v) is 3.77. The van der Waals surface area contributed by atoms with Gasteiger partial charge in [-0.15, -0.1) is 12.4 Å². The third kappa shape index (κ3) is 2.98. The van der Waals surface area contributed by atoms with E-state index in [1.165, 1.54) is 6.07 Å². The van der Waals surface area contributed by atoms with Gasteiger partial charge >= 0.3 is 0 Å². The number of aromatic nitrogens is 6. The molecule has 0 saturated carbocycles. The molecule has 1 aliphatic heterocycles. The van der Waals surface area contributed by atoms with Crippen molar-refractivity contribution in [1.82, 2.24) is 28.9 Å². The molecule has 1 aromatic carbocycles. The summed E-state index contributed by atoms with van der Waals surface area (Å²) < 4.78 is 6.56. The van der Waals surface area contributed by atoms with Crippen molar-refractivity contribution in [3.8, 4) is 17.1 Å². The third-order valence-electron chi connectivity index (χ3n) is 4.76. The number of hydrogen-bond acceptors (Lipinski definition) is 4. The zero-order chi connectivity index (χ0) is 18.5. The van der Waals surface area contributed by atoms with E-state index >= 15 is 0 Å². The Hall–Kier alpha value is -2.71. The van der Waals surface area contributed by atoms with Crippen molar-refractivity contribution in [3.63, 3.8) is 0 Å². The Labute approximate surface area is 175 Å². The molecule has 0 bridgehead atoms. The number of halogens is 2. The molecule has 0 radical (unpaired) electrons. The van der Waals surface area contributed by atoms with Crippen molar-refractivity contribution in [2.45, 2.75) is 20.0 Å². The van der Waals surface area contributed by atoms with Crippen LogP contribution in [0.3, 0.4) is 0 Å². The van der Waals surface area contributed by atoms with Gasteiger partial charge in [0, 0.05) is 22.3 Å². The fourth-order valence-electron chi connectivity index (χ4n) is 3.41. The maximum atomic E-state index is 12.0. The molecule has 0 fully saturated rings. The van der Waals surface area contributed by atoms with E-state index in [0.717, 1.165) is 32.9 Å². The first-order chi connectivity index (χ1) is 13.1. The summed E-state index contributed by atoms with van der Waals surface area (Å²) >= 11 is 3.56. The number of imidazole rings is 1. The Morgan fingerprint density at radius 1 is 1.21 bits per heavy atom. The molecule has 0 unspecified atom stereocenters. The Kier molecular flexibility index (Phi) is 4.68. The smallest absolute Gasteiger partial charge is 0.250 e. The molecular formula is C19H16BrClN6O. The molecule has 1 aliphatic rings. The minimum atomic E-state index is -0.0699. The first-order valence-electron chi connectivity index (χ1n) is 8.52. The predicted molar refractivity (Wildman–Crippen MR) is 111 cm³/mol. The van der Waals surface area contributed by atoms with Crippen molar-refractivity contribution in [2.75, 3.05) is 0 Å². The average molecular weight is 460 g/mol. The molecule has 28 heavy (non-hydrogen) atoms. The minimum absolute atomic E-state index is 0. The Morgan fingerprint density at radius 2 is 2.07 bits per heavy atom. The minimum Gasteiger partial charge on any atom is -0.308 e. The number of aryl methyl sites for hydroxylation is 1. The Balaban J connectivity index is 0.00000192. The largest absolute Gasteiger partial charge is 0.308 e. The molecule has 0 N–H and O–H groups in total. The van der Waals surface area contributed by atoms with Gasteiger partial charge in [-0.25, -0.2) is 14.6 Å². The zero-order valence-electron chi connectivity index (χ0n) is 14.9. The molecule has 0 saturated heterocycles. The summed E-state index contributed by atoms with van der Waals surface area (Å²) in [5.41, 5.74) is 3.96. The lowest BCUT2D eigenvalue weighted by Gasteiger charge is -2.08. The molecule has 0 aliphatic carbocycles. The van der Waals surface area contributed by atoms with E-state index in [1.54, 1.807) is 16.8 Å². The molecule has 0 spiro atoms. The van der Waals surface area contributed by atoms with Crippen molar-refractivity contribution < 1.29 is 0 Å². The van der Waals surface area contributed by atoms with Gasteiger partial charge in [0.05, 0.1) is 36.5 Å². The van der Waals surface area contributed by atoms with Crippen LogP contribution in [0, 0.1) is 6.92 Å². The summed E-state index contributed by atoms with van der Waals surface area (Å²) in [4.78, 5) is 21.2. The highest BCUT2D eigenvalue weighted by Gasteiger charge is 2.24. The molecule has 142 valence electrons. The number of nitrogens with zero attached hydrogens (tertiary/aromatic N) is 6. The number of benzene rings is 1. The Morgan fingerprint density at radius 3 is 2.89 bits per heavy atom. The van der Waals surface area contributed by atoms with Crippen molar-refractivity contribution in [2.24, 2.45) is 0 Å². The standard InChI is InChI=1S/C19H15BrN6O.ClH/c1-12-16-9-26-19(14-8-13(20)5-6-15(14)25(16)11-21-12)22-17(23-26)10-24-7-3-2-4-18(24)27;/h2-8,11H,9-10H2,1H3;1H. The molecular weight excluding hydrogens is 444 g/mol. The van der Waals surface area contributed by atoms with Crippen LogP contribution in [-0.4, -0.2) is 28.9 Å². The second kappa shape index (κ2) is 7.03. The average Bonchev–Trinajstić information content (AvgIpc) is 3.18. The zero-order valence-corrected chi connectivity index (χ0v) is 17.3. The van der Waals surface area contributed by atoms with Crippen LogP contribution in [0.15, 0.2) is 58.2 Å². The van der Waals surface area contributed by atoms with Gasteiger partial charge in [-0.2, -0.15) is 5.10 Å². The van der Waals surface area contributed by atoms with E-state index in [4.69, 9.17) is 4.98 Å². The van der Waals surface area contributed by atoms with E-state index in [0.29, 0.717) is 18.9 Å². The van der Waals surface area contributed by atoms with Gasteiger partial charge in [-0.3, -0.25) is 4.79 Å². The molecule has 3 aromatic heterocycles. The molecule has 5 rings (SSSR count). The van der Waals surface area contributed by atoms with Crippen molar-refractivity contribution in [3.05, 3.63) is 81.0 Å². The highest BCUT2D eigenvalue weighted by molar-refractivity contribution is 9.10. The van der Waals surface area contributed by atoms with Gasteiger partial charge in [0.1, 0.15) is 0 Å². The number of hydrogen-bond donors (Lipinski definition) is 0. The highest BCUT2D eigenvalue weighted by atomic mass is 79.9. The maximum Gasteiger partial charge on any atom is 0.250 e. The maximum absolute atomic E-state index is 12.0. The van der Waals surface area contributed by atoms with E-state index in [9.17, 15) is 4.79 Å². The van der Waals surface area contributed by atoms with Crippen LogP contribution in [0.25, 0.3) is 17.1 Å². The molecule has 9 heteroatoms. The van der Waals surface area contributed by atoms with E-state index in [-0.39, 0.29) is 18.0 Å². The second-order valence-corrected chi connectivity index (χ2v) is 7.40. The lowest BCUT2D eigenvalue weighted by Crippen LogP contribution is -2.19. The van der Waals surface area contributed by atoms with E-state index in [2.05, 4.69) is 36.6 Å². The third-order valence-corrected chi connectivity index (χ3v) is 5.25. The van der Waals surface area contributed by atoms with Crippen molar-refractivity contribution in [1.29, 1.82) is 0 Å². The van der Waals surface area contributed by atoms with Crippen LogP contribution in [-0.2, 0) is 13.1 Å². The summed E-state index contributed by atoms with van der Waals surface area (Å²) in [5.74, 6) is 1.39. The summed E-state index contributed by atoms with van der Waals surface area (Å²) in [6.45, 7) is 2.90. The van der Waals surface area contributed by atoms with Crippen LogP contribution in [0.2, 0.25) is 0 Å². The van der Waals surface area contributed by atoms with Gasteiger partial charge in [0.25, 0.3) is 5.56 Å².